The normalized spacial score (nSPS) is 10.5. The lowest BCUT2D eigenvalue weighted by molar-refractivity contribution is 0.0697. The summed E-state index contributed by atoms with van der Waals surface area (Å²) in [5, 5.41) is 9.28. The summed E-state index contributed by atoms with van der Waals surface area (Å²) in [6.45, 7) is 0.628. The number of carbonyl (C=O) groups is 1. The van der Waals surface area contributed by atoms with E-state index in [0.717, 1.165) is 5.56 Å². The maximum Gasteiger partial charge on any atom is 0.335 e. The second-order valence-corrected chi connectivity index (χ2v) is 6.12. The number of benzene rings is 2. The summed E-state index contributed by atoms with van der Waals surface area (Å²) >= 11 is 6.12. The zero-order chi connectivity index (χ0) is 18.5. The molecule has 6 heteroatoms. The van der Waals surface area contributed by atoms with Crippen LogP contribution in [0.1, 0.15) is 21.5 Å². The van der Waals surface area contributed by atoms with Gasteiger partial charge in [-0.15, -0.1) is 0 Å². The molecule has 0 aliphatic heterocycles. The zero-order valence-corrected chi connectivity index (χ0v) is 14.5. The van der Waals surface area contributed by atoms with Crippen molar-refractivity contribution in [3.05, 3.63) is 98.9 Å². The van der Waals surface area contributed by atoms with Crippen LogP contribution >= 0.6 is 11.6 Å². The number of rotatable bonds is 6. The van der Waals surface area contributed by atoms with Crippen molar-refractivity contribution in [2.45, 2.75) is 13.2 Å². The maximum atomic E-state index is 12.3. The van der Waals surface area contributed by atoms with Crippen LogP contribution < -0.4 is 10.3 Å². The van der Waals surface area contributed by atoms with Gasteiger partial charge in [-0.05, 0) is 29.3 Å². The fourth-order valence-electron chi connectivity index (χ4n) is 2.44. The Labute approximate surface area is 155 Å². The SMILES string of the molecule is O=C(O)c1ccc(Cn2ccc(OCc3ccccc3)cc2=O)c(Cl)c1. The quantitative estimate of drug-likeness (QED) is 0.717. The Morgan fingerprint density at radius 3 is 2.50 bits per heavy atom. The number of pyridine rings is 1. The van der Waals surface area contributed by atoms with Crippen molar-refractivity contribution in [3.8, 4) is 5.75 Å². The molecule has 0 spiro atoms. The van der Waals surface area contributed by atoms with Gasteiger partial charge < -0.3 is 14.4 Å². The molecule has 0 radical (unpaired) electrons. The highest BCUT2D eigenvalue weighted by Gasteiger charge is 2.08. The van der Waals surface area contributed by atoms with Crippen molar-refractivity contribution in [1.82, 2.24) is 4.57 Å². The molecule has 0 fully saturated rings. The third kappa shape index (κ3) is 4.32. The molecule has 0 saturated carbocycles. The predicted octanol–water partition coefficient (Wildman–Crippen LogP) is 3.83. The van der Waals surface area contributed by atoms with Crippen LogP contribution in [0.25, 0.3) is 0 Å². The minimum atomic E-state index is -1.05. The second kappa shape index (κ2) is 7.89. The van der Waals surface area contributed by atoms with Crippen LogP contribution in [0.5, 0.6) is 5.75 Å². The largest absolute Gasteiger partial charge is 0.489 e. The van der Waals surface area contributed by atoms with Gasteiger partial charge in [0.2, 0.25) is 0 Å². The van der Waals surface area contributed by atoms with Crippen LogP contribution in [-0.2, 0) is 13.2 Å². The average Bonchev–Trinajstić information content (AvgIpc) is 2.64. The van der Waals surface area contributed by atoms with E-state index in [1.54, 1.807) is 18.3 Å². The molecule has 5 nitrogen and oxygen atoms in total. The number of hydrogen-bond donors (Lipinski definition) is 1. The number of aromatic carboxylic acids is 1. The smallest absolute Gasteiger partial charge is 0.335 e. The van der Waals surface area contributed by atoms with Gasteiger partial charge in [-0.3, -0.25) is 4.79 Å². The molecular weight excluding hydrogens is 354 g/mol. The molecule has 0 bridgehead atoms. The fraction of sp³-hybridized carbons (Fsp3) is 0.100. The van der Waals surface area contributed by atoms with Crippen LogP contribution in [0.2, 0.25) is 5.02 Å². The van der Waals surface area contributed by atoms with Gasteiger partial charge in [0, 0.05) is 17.3 Å². The van der Waals surface area contributed by atoms with E-state index in [1.165, 1.54) is 22.8 Å². The van der Waals surface area contributed by atoms with Gasteiger partial charge in [-0.25, -0.2) is 4.79 Å². The number of nitrogens with zero attached hydrogens (tertiary/aromatic N) is 1. The second-order valence-electron chi connectivity index (χ2n) is 5.71. The maximum absolute atomic E-state index is 12.3. The van der Waals surface area contributed by atoms with E-state index in [0.29, 0.717) is 22.9 Å². The Hall–Kier alpha value is -3.05. The van der Waals surface area contributed by atoms with Gasteiger partial charge in [0.25, 0.3) is 5.56 Å². The summed E-state index contributed by atoms with van der Waals surface area (Å²) in [6, 6.07) is 17.3. The van der Waals surface area contributed by atoms with Crippen LogP contribution in [0.4, 0.5) is 0 Å². The van der Waals surface area contributed by atoms with Crippen molar-refractivity contribution < 1.29 is 14.6 Å². The fourth-order valence-corrected chi connectivity index (χ4v) is 2.68. The summed E-state index contributed by atoms with van der Waals surface area (Å²) < 4.78 is 7.12. The Kier molecular flexibility index (Phi) is 5.39. The Morgan fingerprint density at radius 1 is 1.08 bits per heavy atom. The standard InChI is InChI=1S/C20H16ClNO4/c21-18-10-15(20(24)25)6-7-16(18)12-22-9-8-17(11-19(22)23)26-13-14-4-2-1-3-5-14/h1-11H,12-13H2,(H,24,25). The van der Waals surface area contributed by atoms with Crippen molar-refractivity contribution in [2.24, 2.45) is 0 Å². The lowest BCUT2D eigenvalue weighted by Gasteiger charge is -2.10. The van der Waals surface area contributed by atoms with E-state index < -0.39 is 5.97 Å². The van der Waals surface area contributed by atoms with E-state index in [1.807, 2.05) is 30.3 Å². The molecule has 0 amide bonds. The van der Waals surface area contributed by atoms with E-state index >= 15 is 0 Å². The molecule has 2 aromatic carbocycles. The lowest BCUT2D eigenvalue weighted by Crippen LogP contribution is -2.19. The monoisotopic (exact) mass is 369 g/mol. The Morgan fingerprint density at radius 2 is 1.85 bits per heavy atom. The minimum absolute atomic E-state index is 0.107. The predicted molar refractivity (Wildman–Crippen MR) is 99.0 cm³/mol. The first-order valence-corrected chi connectivity index (χ1v) is 8.29. The van der Waals surface area contributed by atoms with Crippen LogP contribution in [0.3, 0.4) is 0 Å². The number of hydrogen-bond acceptors (Lipinski definition) is 3. The van der Waals surface area contributed by atoms with Crippen molar-refractivity contribution in [3.63, 3.8) is 0 Å². The van der Waals surface area contributed by atoms with E-state index in [-0.39, 0.29) is 17.7 Å². The summed E-state index contributed by atoms with van der Waals surface area (Å²) in [5.41, 5.74) is 1.56. The molecular formula is C20H16ClNO4. The molecule has 0 unspecified atom stereocenters. The van der Waals surface area contributed by atoms with Crippen LogP contribution in [-0.4, -0.2) is 15.6 Å². The van der Waals surface area contributed by atoms with Gasteiger partial charge in [0.15, 0.2) is 0 Å². The number of halogens is 1. The molecule has 0 aliphatic rings. The van der Waals surface area contributed by atoms with Gasteiger partial charge in [0.1, 0.15) is 12.4 Å². The molecule has 3 aromatic rings. The van der Waals surface area contributed by atoms with E-state index in [2.05, 4.69) is 0 Å². The highest BCUT2D eigenvalue weighted by Crippen LogP contribution is 2.19. The number of ether oxygens (including phenoxy) is 1. The summed E-state index contributed by atoms with van der Waals surface area (Å²) in [6.07, 6.45) is 1.63. The van der Waals surface area contributed by atoms with Gasteiger partial charge in [-0.1, -0.05) is 48.0 Å². The lowest BCUT2D eigenvalue weighted by atomic mass is 10.1. The minimum Gasteiger partial charge on any atom is -0.489 e. The third-order valence-electron chi connectivity index (χ3n) is 3.86. The topological polar surface area (TPSA) is 68.5 Å². The highest BCUT2D eigenvalue weighted by atomic mass is 35.5. The summed E-state index contributed by atoms with van der Waals surface area (Å²) in [7, 11) is 0. The number of carboxylic acids is 1. The van der Waals surface area contributed by atoms with Gasteiger partial charge >= 0.3 is 5.97 Å². The summed E-state index contributed by atoms with van der Waals surface area (Å²) in [4.78, 5) is 23.2. The van der Waals surface area contributed by atoms with Gasteiger partial charge in [-0.2, -0.15) is 0 Å². The first-order valence-electron chi connectivity index (χ1n) is 7.92. The van der Waals surface area contributed by atoms with E-state index in [9.17, 15) is 9.59 Å². The van der Waals surface area contributed by atoms with Crippen molar-refractivity contribution in [1.29, 1.82) is 0 Å². The molecule has 0 atom stereocenters. The molecule has 0 aliphatic carbocycles. The third-order valence-corrected chi connectivity index (χ3v) is 4.21. The molecule has 0 saturated heterocycles. The molecule has 132 valence electrons. The van der Waals surface area contributed by atoms with Crippen molar-refractivity contribution in [2.75, 3.05) is 0 Å². The Balaban J connectivity index is 1.72. The average molecular weight is 370 g/mol. The van der Waals surface area contributed by atoms with Gasteiger partial charge in [0.05, 0.1) is 12.1 Å². The first kappa shape index (κ1) is 17.8. The zero-order valence-electron chi connectivity index (χ0n) is 13.8. The molecule has 1 N–H and O–H groups in total. The molecule has 3 rings (SSSR count). The van der Waals surface area contributed by atoms with Crippen LogP contribution in [0.15, 0.2) is 71.7 Å². The molecule has 1 aromatic heterocycles. The number of carboxylic acid groups (broad SMARTS) is 1. The highest BCUT2D eigenvalue weighted by molar-refractivity contribution is 6.31. The Bertz CT molecular complexity index is 983. The molecule has 26 heavy (non-hydrogen) atoms. The van der Waals surface area contributed by atoms with E-state index in [4.69, 9.17) is 21.4 Å². The van der Waals surface area contributed by atoms with Crippen molar-refractivity contribution >= 4 is 17.6 Å². The number of aromatic nitrogens is 1. The molecule has 1 heterocycles. The van der Waals surface area contributed by atoms with Crippen LogP contribution in [0, 0.1) is 0 Å². The first-order chi connectivity index (χ1) is 12.5. The summed E-state index contributed by atoms with van der Waals surface area (Å²) in [5.74, 6) is -0.557.